The highest BCUT2D eigenvalue weighted by Gasteiger charge is 2.18. The summed E-state index contributed by atoms with van der Waals surface area (Å²) < 4.78 is 1.91. The van der Waals surface area contributed by atoms with E-state index in [2.05, 4.69) is 29.3 Å². The van der Waals surface area contributed by atoms with E-state index in [-0.39, 0.29) is 5.75 Å². The first-order chi connectivity index (χ1) is 10.2. The third-order valence-corrected chi connectivity index (χ3v) is 4.77. The van der Waals surface area contributed by atoms with Crippen LogP contribution in [-0.2, 0) is 17.6 Å². The average Bonchev–Trinajstić information content (AvgIpc) is 2.94. The predicted octanol–water partition coefficient (Wildman–Crippen LogP) is 2.63. The Morgan fingerprint density at radius 2 is 2.10 bits per heavy atom. The zero-order valence-corrected chi connectivity index (χ0v) is 12.7. The van der Waals surface area contributed by atoms with Crippen LogP contribution in [0.2, 0.25) is 0 Å². The number of nitrogens with zero attached hydrogens (tertiary/aromatic N) is 3. The summed E-state index contributed by atoms with van der Waals surface area (Å²) in [5.74, 6) is -0.854. The molecular weight excluding hydrogens is 286 g/mol. The minimum Gasteiger partial charge on any atom is -0.481 e. The maximum absolute atomic E-state index is 10.7. The Kier molecular flexibility index (Phi) is 3.96. The lowest BCUT2D eigenvalue weighted by Crippen LogP contribution is -2.10. The van der Waals surface area contributed by atoms with Gasteiger partial charge in [-0.3, -0.25) is 9.36 Å². The summed E-state index contributed by atoms with van der Waals surface area (Å²) in [6.45, 7) is 2.15. The van der Waals surface area contributed by atoms with Crippen molar-refractivity contribution >= 4 is 17.7 Å². The molecule has 0 unspecified atom stereocenters. The second-order valence-corrected chi connectivity index (χ2v) is 6.17. The Balaban J connectivity index is 2.01. The third kappa shape index (κ3) is 2.81. The number of rotatable bonds is 4. The number of benzene rings is 1. The monoisotopic (exact) mass is 303 g/mol. The largest absolute Gasteiger partial charge is 0.481 e. The average molecular weight is 303 g/mol. The van der Waals surface area contributed by atoms with Crippen LogP contribution in [0.15, 0.2) is 23.6 Å². The fraction of sp³-hybridized carbons (Fsp3) is 0.400. The van der Waals surface area contributed by atoms with Crippen molar-refractivity contribution in [1.29, 1.82) is 0 Å². The number of thioether (sulfide) groups is 1. The third-order valence-electron chi connectivity index (χ3n) is 3.84. The van der Waals surface area contributed by atoms with Crippen molar-refractivity contribution in [3.05, 3.63) is 35.2 Å². The van der Waals surface area contributed by atoms with E-state index in [0.29, 0.717) is 5.16 Å². The molecule has 1 heterocycles. The standard InChI is InChI=1S/C15H17N3O2S/c1-10-6-7-13(12-5-3-2-4-11(10)12)18-9-16-17-15(18)21-8-14(19)20/h6-7,9H,2-5,8H2,1H3,(H,19,20). The minimum absolute atomic E-state index is 0.00720. The molecule has 2 aromatic rings. The van der Waals surface area contributed by atoms with Crippen LogP contribution >= 0.6 is 11.8 Å². The SMILES string of the molecule is Cc1ccc(-n2cnnc2SCC(=O)O)c2c1CCCC2. The van der Waals surface area contributed by atoms with Crippen LogP contribution in [0.3, 0.4) is 0 Å². The molecule has 1 aromatic carbocycles. The molecule has 1 aromatic heterocycles. The molecule has 110 valence electrons. The lowest BCUT2D eigenvalue weighted by molar-refractivity contribution is -0.133. The van der Waals surface area contributed by atoms with Gasteiger partial charge < -0.3 is 5.11 Å². The molecule has 1 aliphatic rings. The van der Waals surface area contributed by atoms with Gasteiger partial charge in [0.15, 0.2) is 5.16 Å². The van der Waals surface area contributed by atoms with Crippen molar-refractivity contribution in [3.8, 4) is 5.69 Å². The van der Waals surface area contributed by atoms with Gasteiger partial charge in [-0.15, -0.1) is 10.2 Å². The first-order valence-electron chi connectivity index (χ1n) is 7.03. The summed E-state index contributed by atoms with van der Waals surface area (Å²) in [4.78, 5) is 10.7. The Morgan fingerprint density at radius 1 is 1.33 bits per heavy atom. The molecule has 6 heteroatoms. The highest BCUT2D eigenvalue weighted by Crippen LogP contribution is 2.31. The van der Waals surface area contributed by atoms with Crippen LogP contribution in [0, 0.1) is 6.92 Å². The molecule has 0 radical (unpaired) electrons. The van der Waals surface area contributed by atoms with E-state index >= 15 is 0 Å². The molecule has 0 aliphatic heterocycles. The second kappa shape index (κ2) is 5.89. The summed E-state index contributed by atoms with van der Waals surface area (Å²) >= 11 is 1.20. The van der Waals surface area contributed by atoms with E-state index in [1.165, 1.54) is 41.3 Å². The molecule has 3 rings (SSSR count). The summed E-state index contributed by atoms with van der Waals surface area (Å²) in [7, 11) is 0. The quantitative estimate of drug-likeness (QED) is 0.879. The van der Waals surface area contributed by atoms with E-state index in [4.69, 9.17) is 5.11 Å². The van der Waals surface area contributed by atoms with Crippen molar-refractivity contribution in [3.63, 3.8) is 0 Å². The van der Waals surface area contributed by atoms with E-state index in [0.717, 1.165) is 18.5 Å². The highest BCUT2D eigenvalue weighted by molar-refractivity contribution is 7.99. The smallest absolute Gasteiger partial charge is 0.313 e. The molecule has 0 saturated carbocycles. The van der Waals surface area contributed by atoms with Gasteiger partial charge in [-0.1, -0.05) is 17.8 Å². The van der Waals surface area contributed by atoms with E-state index in [1.807, 2.05) is 4.57 Å². The molecule has 5 nitrogen and oxygen atoms in total. The number of hydrogen-bond donors (Lipinski definition) is 1. The van der Waals surface area contributed by atoms with Gasteiger partial charge in [0.2, 0.25) is 0 Å². The number of carboxylic acids is 1. The predicted molar refractivity (Wildman–Crippen MR) is 81.1 cm³/mol. The number of aromatic nitrogens is 3. The van der Waals surface area contributed by atoms with Crippen molar-refractivity contribution in [2.24, 2.45) is 0 Å². The number of hydrogen-bond acceptors (Lipinski definition) is 4. The second-order valence-electron chi connectivity index (χ2n) is 5.23. The van der Waals surface area contributed by atoms with Gasteiger partial charge in [-0.25, -0.2) is 0 Å². The maximum Gasteiger partial charge on any atom is 0.313 e. The van der Waals surface area contributed by atoms with Gasteiger partial charge >= 0.3 is 5.97 Å². The number of aliphatic carboxylic acids is 1. The number of carboxylic acid groups (broad SMARTS) is 1. The summed E-state index contributed by atoms with van der Waals surface area (Å²) in [6.07, 6.45) is 6.29. The number of carbonyl (C=O) groups is 1. The lowest BCUT2D eigenvalue weighted by Gasteiger charge is -2.22. The molecule has 1 N–H and O–H groups in total. The molecule has 21 heavy (non-hydrogen) atoms. The summed E-state index contributed by atoms with van der Waals surface area (Å²) in [5, 5.41) is 17.5. The van der Waals surface area contributed by atoms with Crippen LogP contribution in [0.4, 0.5) is 0 Å². The normalized spacial score (nSPS) is 14.0. The zero-order chi connectivity index (χ0) is 14.8. The molecule has 1 aliphatic carbocycles. The summed E-state index contributed by atoms with van der Waals surface area (Å²) in [5.41, 5.74) is 5.22. The summed E-state index contributed by atoms with van der Waals surface area (Å²) in [6, 6.07) is 4.22. The first-order valence-corrected chi connectivity index (χ1v) is 8.01. The minimum atomic E-state index is -0.847. The Labute approximate surface area is 127 Å². The van der Waals surface area contributed by atoms with Crippen LogP contribution in [0.1, 0.15) is 29.5 Å². The van der Waals surface area contributed by atoms with E-state index < -0.39 is 5.97 Å². The fourth-order valence-electron chi connectivity index (χ4n) is 2.87. The molecule has 0 fully saturated rings. The van der Waals surface area contributed by atoms with Crippen molar-refractivity contribution in [1.82, 2.24) is 14.8 Å². The number of aryl methyl sites for hydroxylation is 1. The van der Waals surface area contributed by atoms with Gasteiger partial charge in [0, 0.05) is 0 Å². The van der Waals surface area contributed by atoms with Crippen LogP contribution < -0.4 is 0 Å². The van der Waals surface area contributed by atoms with Crippen LogP contribution in [0.5, 0.6) is 0 Å². The topological polar surface area (TPSA) is 68.0 Å². The Morgan fingerprint density at radius 3 is 2.86 bits per heavy atom. The highest BCUT2D eigenvalue weighted by atomic mass is 32.2. The molecular formula is C15H17N3O2S. The van der Waals surface area contributed by atoms with Crippen molar-refractivity contribution < 1.29 is 9.90 Å². The first kappa shape index (κ1) is 14.1. The molecule has 0 saturated heterocycles. The van der Waals surface area contributed by atoms with Gasteiger partial charge in [0.1, 0.15) is 6.33 Å². The molecule has 0 atom stereocenters. The Hall–Kier alpha value is -1.82. The van der Waals surface area contributed by atoms with Gasteiger partial charge in [-0.2, -0.15) is 0 Å². The molecule has 0 amide bonds. The van der Waals surface area contributed by atoms with Crippen molar-refractivity contribution in [2.45, 2.75) is 37.8 Å². The maximum atomic E-state index is 10.7. The zero-order valence-electron chi connectivity index (χ0n) is 11.9. The van der Waals surface area contributed by atoms with Crippen LogP contribution in [0.25, 0.3) is 5.69 Å². The molecule has 0 bridgehead atoms. The molecule has 0 spiro atoms. The Bertz CT molecular complexity index is 682. The van der Waals surface area contributed by atoms with Gasteiger partial charge in [0.05, 0.1) is 11.4 Å². The van der Waals surface area contributed by atoms with E-state index in [1.54, 1.807) is 6.33 Å². The van der Waals surface area contributed by atoms with Crippen molar-refractivity contribution in [2.75, 3.05) is 5.75 Å². The van der Waals surface area contributed by atoms with Gasteiger partial charge in [-0.05, 0) is 55.4 Å². The van der Waals surface area contributed by atoms with E-state index in [9.17, 15) is 4.79 Å². The lowest BCUT2D eigenvalue weighted by atomic mass is 9.87. The van der Waals surface area contributed by atoms with Gasteiger partial charge in [0.25, 0.3) is 0 Å². The van der Waals surface area contributed by atoms with Crippen LogP contribution in [-0.4, -0.2) is 31.6 Å². The fourth-order valence-corrected chi connectivity index (χ4v) is 3.51. The number of fused-ring (bicyclic) bond motifs is 1.